The van der Waals surface area contributed by atoms with Gasteiger partial charge in [-0.15, -0.1) is 0 Å². The van der Waals surface area contributed by atoms with E-state index in [4.69, 9.17) is 5.11 Å². The van der Waals surface area contributed by atoms with Gasteiger partial charge in [0.05, 0.1) is 12.2 Å². The van der Waals surface area contributed by atoms with Gasteiger partial charge >= 0.3 is 0 Å². The summed E-state index contributed by atoms with van der Waals surface area (Å²) in [4.78, 5) is 0. The molecule has 0 heterocycles. The van der Waals surface area contributed by atoms with E-state index < -0.39 is 0 Å². The summed E-state index contributed by atoms with van der Waals surface area (Å²) >= 11 is 0. The van der Waals surface area contributed by atoms with Crippen LogP contribution in [0.3, 0.4) is 0 Å². The van der Waals surface area contributed by atoms with Gasteiger partial charge in [-0.05, 0) is 32.1 Å². The predicted octanol–water partition coefficient (Wildman–Crippen LogP) is 1.94. The van der Waals surface area contributed by atoms with Crippen molar-refractivity contribution in [2.75, 3.05) is 0 Å². The second-order valence-electron chi connectivity index (χ2n) is 3.73. The highest BCUT2D eigenvalue weighted by Crippen LogP contribution is 2.14. The van der Waals surface area contributed by atoms with Crippen LogP contribution in [0.1, 0.15) is 46.5 Å². The summed E-state index contributed by atoms with van der Waals surface area (Å²) in [6.07, 6.45) is 3.15. The topological polar surface area (TPSA) is 40.5 Å². The quantitative estimate of drug-likeness (QED) is 0.646. The van der Waals surface area contributed by atoms with Crippen molar-refractivity contribution in [2.45, 2.75) is 58.7 Å². The molecule has 0 saturated carbocycles. The van der Waals surface area contributed by atoms with Gasteiger partial charge in [0.25, 0.3) is 0 Å². The third kappa shape index (κ3) is 5.56. The summed E-state index contributed by atoms with van der Waals surface area (Å²) in [6.45, 7) is 5.94. The number of rotatable bonds is 6. The smallest absolute Gasteiger partial charge is 0.0565 e. The molecule has 3 atom stereocenters. The Balaban J connectivity index is 3.37. The zero-order valence-corrected chi connectivity index (χ0v) is 8.45. The van der Waals surface area contributed by atoms with Crippen LogP contribution in [-0.2, 0) is 0 Å². The molecular weight excluding hydrogens is 152 g/mol. The van der Waals surface area contributed by atoms with Crippen molar-refractivity contribution in [1.82, 2.24) is 0 Å². The van der Waals surface area contributed by atoms with Crippen molar-refractivity contribution >= 4 is 0 Å². The maximum absolute atomic E-state index is 9.55. The highest BCUT2D eigenvalue weighted by Gasteiger charge is 2.11. The summed E-state index contributed by atoms with van der Waals surface area (Å²) < 4.78 is 0. The van der Waals surface area contributed by atoms with E-state index in [-0.39, 0.29) is 12.2 Å². The summed E-state index contributed by atoms with van der Waals surface area (Å²) in [5.74, 6) is 0.388. The summed E-state index contributed by atoms with van der Waals surface area (Å²) in [5, 5.41) is 18.5. The van der Waals surface area contributed by atoms with Crippen LogP contribution in [0.15, 0.2) is 0 Å². The normalized spacial score (nSPS) is 18.8. The van der Waals surface area contributed by atoms with Crippen LogP contribution in [0.2, 0.25) is 0 Å². The van der Waals surface area contributed by atoms with Gasteiger partial charge in [-0.2, -0.15) is 0 Å². The monoisotopic (exact) mass is 174 g/mol. The van der Waals surface area contributed by atoms with E-state index in [2.05, 4.69) is 13.8 Å². The molecule has 0 aromatic carbocycles. The molecule has 0 rings (SSSR count). The summed E-state index contributed by atoms with van der Waals surface area (Å²) in [7, 11) is 0. The lowest BCUT2D eigenvalue weighted by Crippen LogP contribution is -2.17. The maximum atomic E-state index is 9.55. The van der Waals surface area contributed by atoms with Crippen LogP contribution < -0.4 is 0 Å². The van der Waals surface area contributed by atoms with Gasteiger partial charge in [0.1, 0.15) is 0 Å². The van der Waals surface area contributed by atoms with Crippen molar-refractivity contribution in [3.63, 3.8) is 0 Å². The molecule has 0 bridgehead atoms. The molecule has 2 N–H and O–H groups in total. The zero-order valence-electron chi connectivity index (χ0n) is 8.45. The lowest BCUT2D eigenvalue weighted by Gasteiger charge is -2.16. The molecule has 0 aromatic rings. The highest BCUT2D eigenvalue weighted by atomic mass is 16.3. The molecule has 0 aromatic heterocycles. The van der Waals surface area contributed by atoms with Crippen molar-refractivity contribution in [2.24, 2.45) is 5.92 Å². The van der Waals surface area contributed by atoms with Gasteiger partial charge in [-0.1, -0.05) is 20.3 Å². The van der Waals surface area contributed by atoms with E-state index in [9.17, 15) is 5.11 Å². The van der Waals surface area contributed by atoms with Gasteiger partial charge in [-0.3, -0.25) is 0 Å². The minimum atomic E-state index is -0.228. The number of aliphatic hydroxyl groups excluding tert-OH is 2. The number of aliphatic hydroxyl groups is 2. The Kier molecular flexibility index (Phi) is 6.39. The van der Waals surface area contributed by atoms with E-state index in [1.54, 1.807) is 6.92 Å². The molecule has 0 radical (unpaired) electrons. The molecule has 0 aliphatic heterocycles. The largest absolute Gasteiger partial charge is 0.393 e. The second-order valence-corrected chi connectivity index (χ2v) is 3.73. The average Bonchev–Trinajstić information content (AvgIpc) is 2.02. The average molecular weight is 174 g/mol. The number of hydrogen-bond donors (Lipinski definition) is 2. The Hall–Kier alpha value is -0.0800. The van der Waals surface area contributed by atoms with E-state index >= 15 is 0 Å². The first-order valence-corrected chi connectivity index (χ1v) is 4.94. The van der Waals surface area contributed by atoms with Crippen LogP contribution in [0.5, 0.6) is 0 Å². The Morgan fingerprint density at radius 1 is 1.08 bits per heavy atom. The molecule has 0 aliphatic rings. The Bertz CT molecular complexity index is 102. The highest BCUT2D eigenvalue weighted by molar-refractivity contribution is 4.63. The van der Waals surface area contributed by atoms with Crippen molar-refractivity contribution in [1.29, 1.82) is 0 Å². The molecule has 2 heteroatoms. The summed E-state index contributed by atoms with van der Waals surface area (Å²) in [5.41, 5.74) is 0. The van der Waals surface area contributed by atoms with E-state index in [0.29, 0.717) is 5.92 Å². The van der Waals surface area contributed by atoms with E-state index in [1.165, 1.54) is 0 Å². The maximum Gasteiger partial charge on any atom is 0.0565 e. The molecule has 74 valence electrons. The Morgan fingerprint density at radius 3 is 2.08 bits per heavy atom. The fourth-order valence-electron chi connectivity index (χ4n) is 1.18. The van der Waals surface area contributed by atoms with Crippen LogP contribution in [-0.4, -0.2) is 22.4 Å². The molecule has 0 amide bonds. The molecule has 12 heavy (non-hydrogen) atoms. The first kappa shape index (κ1) is 11.9. The van der Waals surface area contributed by atoms with Gasteiger partial charge in [0.15, 0.2) is 0 Å². The van der Waals surface area contributed by atoms with Crippen LogP contribution in [0.4, 0.5) is 0 Å². The van der Waals surface area contributed by atoms with Crippen LogP contribution >= 0.6 is 0 Å². The zero-order chi connectivity index (χ0) is 9.56. The van der Waals surface area contributed by atoms with Gasteiger partial charge in [-0.25, -0.2) is 0 Å². The van der Waals surface area contributed by atoms with Crippen molar-refractivity contribution in [3.05, 3.63) is 0 Å². The SMILES string of the molecule is CCC(C)C(O)CCCC(C)O. The van der Waals surface area contributed by atoms with Gasteiger partial charge in [0.2, 0.25) is 0 Å². The Labute approximate surface area is 75.6 Å². The first-order valence-electron chi connectivity index (χ1n) is 4.94. The van der Waals surface area contributed by atoms with Gasteiger partial charge < -0.3 is 10.2 Å². The van der Waals surface area contributed by atoms with Crippen LogP contribution in [0, 0.1) is 5.92 Å². The van der Waals surface area contributed by atoms with E-state index in [0.717, 1.165) is 25.7 Å². The van der Waals surface area contributed by atoms with Crippen molar-refractivity contribution in [3.8, 4) is 0 Å². The van der Waals surface area contributed by atoms with Gasteiger partial charge in [0, 0.05) is 0 Å². The standard InChI is InChI=1S/C10H22O2/c1-4-8(2)10(12)7-5-6-9(3)11/h8-12H,4-7H2,1-3H3. The Morgan fingerprint density at radius 2 is 1.67 bits per heavy atom. The first-order chi connectivity index (χ1) is 5.57. The molecule has 0 fully saturated rings. The minimum absolute atomic E-state index is 0.186. The lowest BCUT2D eigenvalue weighted by atomic mass is 9.97. The van der Waals surface area contributed by atoms with E-state index in [1.807, 2.05) is 0 Å². The molecule has 0 spiro atoms. The molecule has 2 nitrogen and oxygen atoms in total. The third-order valence-electron chi connectivity index (χ3n) is 2.42. The molecule has 0 aliphatic carbocycles. The summed E-state index contributed by atoms with van der Waals surface area (Å²) in [6, 6.07) is 0. The second kappa shape index (κ2) is 6.44. The minimum Gasteiger partial charge on any atom is -0.393 e. The third-order valence-corrected chi connectivity index (χ3v) is 2.42. The molecular formula is C10H22O2. The van der Waals surface area contributed by atoms with Crippen molar-refractivity contribution < 1.29 is 10.2 Å². The predicted molar refractivity (Wildman–Crippen MR) is 51.0 cm³/mol. The van der Waals surface area contributed by atoms with Crippen LogP contribution in [0.25, 0.3) is 0 Å². The molecule has 3 unspecified atom stereocenters. The molecule has 0 saturated heterocycles. The number of hydrogen-bond acceptors (Lipinski definition) is 2. The fraction of sp³-hybridized carbons (Fsp3) is 1.00. The lowest BCUT2D eigenvalue weighted by molar-refractivity contribution is 0.0958. The fourth-order valence-corrected chi connectivity index (χ4v) is 1.18.